The molecule has 0 unspecified atom stereocenters. The van der Waals surface area contributed by atoms with Crippen molar-refractivity contribution in [1.29, 1.82) is 5.41 Å². The van der Waals surface area contributed by atoms with Gasteiger partial charge in [0, 0.05) is 0 Å². The maximum absolute atomic E-state index is 10.6. The average molecular weight is 520 g/mol. The number of nitrogens with zero attached hydrogens (tertiary/aromatic N) is 1. The van der Waals surface area contributed by atoms with Crippen molar-refractivity contribution in [2.24, 2.45) is 3.50 Å². The zero-order chi connectivity index (χ0) is 10.4. The van der Waals surface area contributed by atoms with E-state index in [2.05, 4.69) is 3.50 Å². The standard InChI is InChI=1S/C7H8N2O2.2W/c1-3-11-7(9)6(4-10)5(2)8;;/h4,9H,1-2H3;;. The maximum atomic E-state index is 10.6. The second kappa shape index (κ2) is 6.39. The molecule has 1 N–H and O–H groups in total. The summed E-state index contributed by atoms with van der Waals surface area (Å²) in [5.41, 5.74) is 0.766. The molecular weight excluding hydrogens is 512 g/mol. The van der Waals surface area contributed by atoms with Crippen molar-refractivity contribution in [2.75, 3.05) is 0 Å². The molecule has 0 aromatic carbocycles. The fourth-order valence-electron chi connectivity index (χ4n) is 0.551. The van der Waals surface area contributed by atoms with Gasteiger partial charge in [-0.25, -0.2) is 0 Å². The van der Waals surface area contributed by atoms with E-state index in [0.717, 1.165) is 39.0 Å². The summed E-state index contributed by atoms with van der Waals surface area (Å²) in [6.07, 6.45) is 0.600. The van der Waals surface area contributed by atoms with Crippen LogP contribution in [-0.4, -0.2) is 16.3 Å². The van der Waals surface area contributed by atoms with Crippen LogP contribution in [0, 0.1) is 5.41 Å². The van der Waals surface area contributed by atoms with E-state index in [1.54, 1.807) is 13.8 Å². The van der Waals surface area contributed by atoms with Gasteiger partial charge in [0.2, 0.25) is 0 Å². The molecule has 0 aromatic heterocycles. The number of carbonyl (C=O) groups excluding carboxylic acids is 1. The van der Waals surface area contributed by atoms with Gasteiger partial charge in [0.1, 0.15) is 0 Å². The Morgan fingerprint density at radius 3 is 2.38 bits per heavy atom. The van der Waals surface area contributed by atoms with Crippen molar-refractivity contribution in [1.82, 2.24) is 0 Å². The van der Waals surface area contributed by atoms with Gasteiger partial charge in [-0.2, -0.15) is 0 Å². The molecule has 0 aliphatic carbocycles. The number of hydrogen-bond donors (Lipinski definition) is 1. The van der Waals surface area contributed by atoms with E-state index >= 15 is 0 Å². The Kier molecular flexibility index (Phi) is 6.35. The Hall–Kier alpha value is -0.0734. The molecule has 0 fully saturated rings. The molecule has 0 rings (SSSR count). The van der Waals surface area contributed by atoms with E-state index in [4.69, 9.17) is 10.1 Å². The summed E-state index contributed by atoms with van der Waals surface area (Å²) >= 11 is 2.14. The molecule has 0 amide bonds. The molecule has 0 aliphatic heterocycles. The Balaban J connectivity index is 4.80. The van der Waals surface area contributed by atoms with Gasteiger partial charge in [0.05, 0.1) is 0 Å². The van der Waals surface area contributed by atoms with Crippen molar-refractivity contribution < 1.29 is 48.5 Å². The minimum atomic E-state index is -0.120. The molecule has 0 heterocycles. The number of allylic oxidation sites excluding steroid dienone is 1. The van der Waals surface area contributed by atoms with Gasteiger partial charge in [0.15, 0.2) is 0 Å². The van der Waals surface area contributed by atoms with Crippen molar-refractivity contribution in [3.8, 4) is 0 Å². The number of ether oxygens (including phenoxy) is 1. The second-order valence-electron chi connectivity index (χ2n) is 2.13. The summed E-state index contributed by atoms with van der Waals surface area (Å²) in [7, 11) is 0. The third-order valence-electron chi connectivity index (χ3n) is 1.13. The molecule has 13 heavy (non-hydrogen) atoms. The molecule has 0 aliphatic rings. The van der Waals surface area contributed by atoms with Crippen LogP contribution in [-0.2, 0) is 48.5 Å². The zero-order valence-electron chi connectivity index (χ0n) is 7.16. The Bertz CT molecular complexity index is 297. The van der Waals surface area contributed by atoms with E-state index in [0.29, 0.717) is 16.1 Å². The molecule has 4 nitrogen and oxygen atoms in total. The number of rotatable bonds is 4. The number of hydrogen-bond acceptors (Lipinski definition) is 4. The first-order chi connectivity index (χ1) is 6.02. The number of carbonyl (C=O) groups is 1. The van der Waals surface area contributed by atoms with E-state index in [1.165, 1.54) is 0 Å². The molecule has 6 heteroatoms. The van der Waals surface area contributed by atoms with Gasteiger partial charge >= 0.3 is 98.8 Å². The first kappa shape index (κ1) is 12.9. The van der Waals surface area contributed by atoms with Crippen molar-refractivity contribution in [3.63, 3.8) is 0 Å². The molecule has 70 valence electrons. The summed E-state index contributed by atoms with van der Waals surface area (Å²) in [6, 6.07) is 0. The summed E-state index contributed by atoms with van der Waals surface area (Å²) in [5.74, 6) is -0.120. The fraction of sp³-hybridized carbons (Fsp3) is 0.286. The van der Waals surface area contributed by atoms with E-state index in [-0.39, 0.29) is 11.5 Å². The Morgan fingerprint density at radius 1 is 1.54 bits per heavy atom. The monoisotopic (exact) mass is 520 g/mol. The first-order valence-corrected chi connectivity index (χ1v) is 6.07. The van der Waals surface area contributed by atoms with Gasteiger partial charge in [-0.1, -0.05) is 0 Å². The summed E-state index contributed by atoms with van der Waals surface area (Å²) in [6.45, 7) is 3.45. The predicted octanol–water partition coefficient (Wildman–Crippen LogP) is 0.880. The van der Waals surface area contributed by atoms with Crippen LogP contribution < -0.4 is 0 Å². The summed E-state index contributed by atoms with van der Waals surface area (Å²) in [5, 5.41) is 7.44. The molecule has 0 aromatic rings. The van der Waals surface area contributed by atoms with Crippen LogP contribution in [0.25, 0.3) is 0 Å². The second-order valence-corrected chi connectivity index (χ2v) is 4.85. The quantitative estimate of drug-likeness (QED) is 0.259. The van der Waals surface area contributed by atoms with Gasteiger partial charge in [-0.3, -0.25) is 0 Å². The Labute approximate surface area is 98.4 Å². The van der Waals surface area contributed by atoms with Crippen LogP contribution in [0.2, 0.25) is 0 Å². The SMILES string of the molecule is C[C](=[W])OC(=N)C(C=O)=C(C)[N]=[W]. The summed E-state index contributed by atoms with van der Waals surface area (Å²) < 4.78 is 9.63. The molecule has 0 saturated heterocycles. The van der Waals surface area contributed by atoms with Gasteiger partial charge in [-0.05, 0) is 0 Å². The number of aldehydes is 1. The van der Waals surface area contributed by atoms with Crippen molar-refractivity contribution in [2.45, 2.75) is 13.8 Å². The molecule has 0 atom stereocenters. The molecule has 0 radical (unpaired) electrons. The van der Waals surface area contributed by atoms with Crippen molar-refractivity contribution >= 4 is 16.3 Å². The van der Waals surface area contributed by atoms with E-state index in [1.807, 2.05) is 0 Å². The average Bonchev–Trinajstić information content (AvgIpc) is 2.03. The van der Waals surface area contributed by atoms with E-state index < -0.39 is 0 Å². The van der Waals surface area contributed by atoms with Crippen LogP contribution >= 0.6 is 0 Å². The Morgan fingerprint density at radius 2 is 2.08 bits per heavy atom. The van der Waals surface area contributed by atoms with Crippen LogP contribution in [0.3, 0.4) is 0 Å². The predicted molar refractivity (Wildman–Crippen MR) is 40.7 cm³/mol. The van der Waals surface area contributed by atoms with Crippen LogP contribution in [0.5, 0.6) is 0 Å². The topological polar surface area (TPSA) is 62.5 Å². The van der Waals surface area contributed by atoms with Gasteiger partial charge in [0.25, 0.3) is 0 Å². The number of nitrogens with one attached hydrogen (secondary N) is 1. The molecule has 0 spiro atoms. The minimum absolute atomic E-state index is 0.120. The third-order valence-corrected chi connectivity index (χ3v) is 2.42. The normalized spacial score (nSPS) is 11.2. The fourth-order valence-corrected chi connectivity index (χ4v) is 1.20. The zero-order valence-corrected chi connectivity index (χ0v) is 13.0. The van der Waals surface area contributed by atoms with Crippen LogP contribution in [0.4, 0.5) is 0 Å². The summed E-state index contributed by atoms with van der Waals surface area (Å²) in [4.78, 5) is 10.6. The van der Waals surface area contributed by atoms with Gasteiger partial charge in [-0.15, -0.1) is 0 Å². The van der Waals surface area contributed by atoms with Crippen LogP contribution in [0.15, 0.2) is 14.8 Å². The first-order valence-electron chi connectivity index (χ1n) is 3.29. The molecule has 0 bridgehead atoms. The van der Waals surface area contributed by atoms with Crippen molar-refractivity contribution in [3.05, 3.63) is 11.3 Å². The van der Waals surface area contributed by atoms with E-state index in [9.17, 15) is 4.79 Å². The molecule has 0 saturated carbocycles. The van der Waals surface area contributed by atoms with Gasteiger partial charge < -0.3 is 0 Å². The molecular formula is C7H8N2O2W2. The third kappa shape index (κ3) is 4.63. The van der Waals surface area contributed by atoms with Crippen LogP contribution in [0.1, 0.15) is 13.8 Å².